The van der Waals surface area contributed by atoms with Gasteiger partial charge in [-0.25, -0.2) is 0 Å². The molecule has 5 heteroatoms. The SMILES string of the molecule is CCC(CC)C(=O)P(=O)(O)Cc1ccccc1O. The van der Waals surface area contributed by atoms with Crippen molar-refractivity contribution in [2.45, 2.75) is 32.9 Å². The number of phenolic OH excluding ortho intramolecular Hbond substituents is 1. The zero-order chi connectivity index (χ0) is 13.8. The number of hydrogen-bond donors (Lipinski definition) is 2. The first-order valence-electron chi connectivity index (χ1n) is 6.05. The minimum Gasteiger partial charge on any atom is -0.508 e. The fraction of sp³-hybridized carbons (Fsp3) is 0.462. The summed E-state index contributed by atoms with van der Waals surface area (Å²) in [5.41, 5.74) is -0.251. The Morgan fingerprint density at radius 1 is 1.28 bits per heavy atom. The van der Waals surface area contributed by atoms with E-state index in [4.69, 9.17) is 0 Å². The maximum atomic E-state index is 12.1. The lowest BCUT2D eigenvalue weighted by Crippen LogP contribution is -2.14. The zero-order valence-electron chi connectivity index (χ0n) is 10.7. The van der Waals surface area contributed by atoms with Gasteiger partial charge in [-0.3, -0.25) is 9.36 Å². The molecule has 1 aromatic rings. The van der Waals surface area contributed by atoms with Crippen molar-refractivity contribution in [3.63, 3.8) is 0 Å². The van der Waals surface area contributed by atoms with Crippen molar-refractivity contribution >= 4 is 12.9 Å². The number of hydrogen-bond acceptors (Lipinski definition) is 3. The number of carbonyl (C=O) groups excluding carboxylic acids is 1. The van der Waals surface area contributed by atoms with Crippen LogP contribution in [0.3, 0.4) is 0 Å². The summed E-state index contributed by atoms with van der Waals surface area (Å²) in [5, 5.41) is 9.57. The van der Waals surface area contributed by atoms with Crippen LogP contribution in [-0.4, -0.2) is 15.5 Å². The highest BCUT2D eigenvalue weighted by Crippen LogP contribution is 2.49. The molecule has 100 valence electrons. The molecule has 0 aromatic heterocycles. The predicted octanol–water partition coefficient (Wildman–Crippen LogP) is 3.13. The minimum atomic E-state index is -3.92. The van der Waals surface area contributed by atoms with Crippen molar-refractivity contribution in [3.05, 3.63) is 29.8 Å². The molecule has 0 aliphatic heterocycles. The van der Waals surface area contributed by atoms with Gasteiger partial charge in [0, 0.05) is 11.5 Å². The lowest BCUT2D eigenvalue weighted by atomic mass is 10.1. The van der Waals surface area contributed by atoms with Crippen molar-refractivity contribution in [1.29, 1.82) is 0 Å². The third-order valence-electron chi connectivity index (χ3n) is 3.06. The Bertz CT molecular complexity index is 466. The molecule has 0 radical (unpaired) electrons. The number of carbonyl (C=O) groups is 1. The highest BCUT2D eigenvalue weighted by atomic mass is 31.2. The van der Waals surface area contributed by atoms with E-state index < -0.39 is 12.9 Å². The van der Waals surface area contributed by atoms with Gasteiger partial charge in [0.05, 0.1) is 6.16 Å². The Balaban J connectivity index is 2.92. The first kappa shape index (κ1) is 14.9. The second-order valence-corrected chi connectivity index (χ2v) is 6.50. The van der Waals surface area contributed by atoms with Crippen molar-refractivity contribution in [2.24, 2.45) is 5.92 Å². The molecule has 4 nitrogen and oxygen atoms in total. The molecule has 0 fully saturated rings. The molecule has 1 rings (SSSR count). The third kappa shape index (κ3) is 3.44. The average Bonchev–Trinajstić information content (AvgIpc) is 2.33. The van der Waals surface area contributed by atoms with E-state index in [-0.39, 0.29) is 17.8 Å². The summed E-state index contributed by atoms with van der Waals surface area (Å²) < 4.78 is 12.1. The lowest BCUT2D eigenvalue weighted by molar-refractivity contribution is -0.116. The maximum Gasteiger partial charge on any atom is 0.268 e. The standard InChI is InChI=1S/C13H19O4P/c1-3-10(4-2)13(15)18(16,17)9-11-7-5-6-8-12(11)14/h5-8,10,14H,3-4,9H2,1-2H3,(H,16,17). The maximum absolute atomic E-state index is 12.1. The van der Waals surface area contributed by atoms with Crippen LogP contribution in [0.2, 0.25) is 0 Å². The van der Waals surface area contributed by atoms with Crippen LogP contribution in [0.1, 0.15) is 32.3 Å². The molecular weight excluding hydrogens is 251 g/mol. The van der Waals surface area contributed by atoms with E-state index in [0.29, 0.717) is 18.4 Å². The van der Waals surface area contributed by atoms with Gasteiger partial charge in [-0.1, -0.05) is 32.0 Å². The Kier molecular flexibility index (Phi) is 5.12. The summed E-state index contributed by atoms with van der Waals surface area (Å²) in [5.74, 6) is -0.434. The lowest BCUT2D eigenvalue weighted by Gasteiger charge is -2.16. The topological polar surface area (TPSA) is 74.6 Å². The van der Waals surface area contributed by atoms with E-state index in [1.165, 1.54) is 6.07 Å². The minimum absolute atomic E-state index is 0.0517. The Morgan fingerprint density at radius 3 is 2.33 bits per heavy atom. The summed E-state index contributed by atoms with van der Waals surface area (Å²) in [6.45, 7) is 3.65. The summed E-state index contributed by atoms with van der Waals surface area (Å²) in [7, 11) is -3.92. The summed E-state index contributed by atoms with van der Waals surface area (Å²) in [6, 6.07) is 6.29. The van der Waals surface area contributed by atoms with E-state index in [1.807, 2.05) is 13.8 Å². The molecule has 18 heavy (non-hydrogen) atoms. The van der Waals surface area contributed by atoms with E-state index in [0.717, 1.165) is 0 Å². The van der Waals surface area contributed by atoms with Gasteiger partial charge < -0.3 is 10.00 Å². The Hall–Kier alpha value is -1.12. The molecule has 0 aliphatic rings. The number of phenols is 1. The molecule has 0 bridgehead atoms. The van der Waals surface area contributed by atoms with Gasteiger partial charge in [-0.15, -0.1) is 0 Å². The number of aromatic hydroxyl groups is 1. The second-order valence-electron chi connectivity index (χ2n) is 4.34. The average molecular weight is 270 g/mol. The van der Waals surface area contributed by atoms with Crippen LogP contribution in [0.15, 0.2) is 24.3 Å². The highest BCUT2D eigenvalue weighted by molar-refractivity contribution is 7.74. The van der Waals surface area contributed by atoms with E-state index in [1.54, 1.807) is 18.2 Å². The first-order chi connectivity index (χ1) is 8.42. The molecule has 0 saturated carbocycles. The van der Waals surface area contributed by atoms with Crippen molar-refractivity contribution in [1.82, 2.24) is 0 Å². The van der Waals surface area contributed by atoms with Crippen LogP contribution in [0.4, 0.5) is 0 Å². The quantitative estimate of drug-likeness (QED) is 0.779. The fourth-order valence-corrected chi connectivity index (χ4v) is 3.70. The van der Waals surface area contributed by atoms with Gasteiger partial charge in [0.2, 0.25) is 5.52 Å². The van der Waals surface area contributed by atoms with Gasteiger partial charge in [-0.05, 0) is 18.9 Å². The van der Waals surface area contributed by atoms with E-state index in [9.17, 15) is 19.4 Å². The fourth-order valence-electron chi connectivity index (χ4n) is 1.88. The molecule has 1 atom stereocenters. The van der Waals surface area contributed by atoms with Crippen LogP contribution in [0.25, 0.3) is 0 Å². The molecule has 0 heterocycles. The monoisotopic (exact) mass is 270 g/mol. The van der Waals surface area contributed by atoms with Gasteiger partial charge in [0.15, 0.2) is 0 Å². The van der Waals surface area contributed by atoms with Gasteiger partial charge in [0.1, 0.15) is 5.75 Å². The normalized spacial score (nSPS) is 14.4. The van der Waals surface area contributed by atoms with E-state index >= 15 is 0 Å². The third-order valence-corrected chi connectivity index (χ3v) is 4.88. The Morgan fingerprint density at radius 2 is 1.83 bits per heavy atom. The molecule has 2 N–H and O–H groups in total. The summed E-state index contributed by atoms with van der Waals surface area (Å²) in [6.07, 6.45) is 0.816. The van der Waals surface area contributed by atoms with Gasteiger partial charge in [0.25, 0.3) is 7.37 Å². The molecular formula is C13H19O4P. The van der Waals surface area contributed by atoms with Crippen LogP contribution in [0, 0.1) is 5.92 Å². The highest BCUT2D eigenvalue weighted by Gasteiger charge is 2.34. The molecule has 1 aromatic carbocycles. The molecule has 0 spiro atoms. The predicted molar refractivity (Wildman–Crippen MR) is 70.7 cm³/mol. The van der Waals surface area contributed by atoms with Crippen LogP contribution in [-0.2, 0) is 15.5 Å². The van der Waals surface area contributed by atoms with Crippen LogP contribution >= 0.6 is 7.37 Å². The molecule has 0 amide bonds. The van der Waals surface area contributed by atoms with Crippen molar-refractivity contribution in [2.75, 3.05) is 0 Å². The van der Waals surface area contributed by atoms with Gasteiger partial charge >= 0.3 is 0 Å². The van der Waals surface area contributed by atoms with E-state index in [2.05, 4.69) is 0 Å². The smallest absolute Gasteiger partial charge is 0.268 e. The zero-order valence-corrected chi connectivity index (χ0v) is 11.6. The van der Waals surface area contributed by atoms with Crippen LogP contribution < -0.4 is 0 Å². The molecule has 0 aliphatic carbocycles. The summed E-state index contributed by atoms with van der Waals surface area (Å²) >= 11 is 0. The molecule has 1 unspecified atom stereocenters. The van der Waals surface area contributed by atoms with Crippen molar-refractivity contribution in [3.8, 4) is 5.75 Å². The van der Waals surface area contributed by atoms with Gasteiger partial charge in [-0.2, -0.15) is 0 Å². The Labute approximate surface area is 107 Å². The van der Waals surface area contributed by atoms with Crippen LogP contribution in [0.5, 0.6) is 5.75 Å². The number of benzene rings is 1. The number of para-hydroxylation sites is 1. The number of rotatable bonds is 6. The largest absolute Gasteiger partial charge is 0.508 e. The second kappa shape index (κ2) is 6.17. The molecule has 0 saturated heterocycles. The first-order valence-corrected chi connectivity index (χ1v) is 7.90. The summed E-state index contributed by atoms with van der Waals surface area (Å²) in [4.78, 5) is 21.8. The van der Waals surface area contributed by atoms with Crippen molar-refractivity contribution < 1.29 is 19.4 Å².